The Morgan fingerprint density at radius 1 is 1.20 bits per heavy atom. The van der Waals surface area contributed by atoms with Gasteiger partial charge in [0, 0.05) is 24.7 Å². The molecule has 2 aromatic rings. The maximum atomic E-state index is 13.2. The van der Waals surface area contributed by atoms with Gasteiger partial charge in [-0.05, 0) is 42.7 Å². The van der Waals surface area contributed by atoms with Crippen molar-refractivity contribution in [3.05, 3.63) is 63.7 Å². The summed E-state index contributed by atoms with van der Waals surface area (Å²) in [5.74, 6) is 0.286. The van der Waals surface area contributed by atoms with E-state index >= 15 is 0 Å². The van der Waals surface area contributed by atoms with Crippen LogP contribution in [0.5, 0.6) is 11.5 Å². The summed E-state index contributed by atoms with van der Waals surface area (Å²) in [5.41, 5.74) is 1.05. The summed E-state index contributed by atoms with van der Waals surface area (Å²) < 4.78 is 15.8. The van der Waals surface area contributed by atoms with Gasteiger partial charge in [-0.3, -0.25) is 20.2 Å². The summed E-state index contributed by atoms with van der Waals surface area (Å²) in [6, 6.07) is 8.58. The maximum absolute atomic E-state index is 13.2. The highest BCUT2D eigenvalue weighted by atomic mass is 16.6. The Morgan fingerprint density at radius 3 is 2.51 bits per heavy atom. The third kappa shape index (κ3) is 6.27. The van der Waals surface area contributed by atoms with E-state index in [4.69, 9.17) is 14.2 Å². The van der Waals surface area contributed by atoms with E-state index in [2.05, 4.69) is 5.32 Å². The zero-order chi connectivity index (χ0) is 25.4. The number of nitro benzene ring substituents is 1. The fourth-order valence-electron chi connectivity index (χ4n) is 3.77. The zero-order valence-electron chi connectivity index (χ0n) is 19.4. The van der Waals surface area contributed by atoms with Crippen LogP contribution in [0.4, 0.5) is 16.2 Å². The van der Waals surface area contributed by atoms with E-state index in [0.29, 0.717) is 30.0 Å². The minimum absolute atomic E-state index is 0.0164. The number of nitrogens with one attached hydrogen (secondary N) is 1. The lowest BCUT2D eigenvalue weighted by Gasteiger charge is -2.25. The first kappa shape index (κ1) is 25.5. The summed E-state index contributed by atoms with van der Waals surface area (Å²) in [6.07, 6.45) is 3.92. The minimum Gasteiger partial charge on any atom is -0.493 e. The third-order valence-electron chi connectivity index (χ3n) is 5.56. The van der Waals surface area contributed by atoms with Gasteiger partial charge in [-0.2, -0.15) is 0 Å². The first-order chi connectivity index (χ1) is 16.9. The largest absolute Gasteiger partial charge is 0.493 e. The zero-order valence-corrected chi connectivity index (χ0v) is 19.4. The number of likely N-dealkylation sites (tertiary alicyclic amines) is 1. The summed E-state index contributed by atoms with van der Waals surface area (Å²) >= 11 is 0. The van der Waals surface area contributed by atoms with E-state index in [1.54, 1.807) is 29.2 Å². The van der Waals surface area contributed by atoms with Crippen molar-refractivity contribution in [2.24, 2.45) is 0 Å². The number of aliphatic hydroxyl groups is 1. The van der Waals surface area contributed by atoms with Crippen LogP contribution in [0.25, 0.3) is 6.08 Å². The number of non-ortho nitro benzene ring substituents is 1. The Morgan fingerprint density at radius 2 is 1.89 bits per heavy atom. The molecule has 35 heavy (non-hydrogen) atoms. The van der Waals surface area contributed by atoms with E-state index in [9.17, 15) is 24.8 Å². The van der Waals surface area contributed by atoms with Crippen LogP contribution in [0.2, 0.25) is 0 Å². The molecule has 0 bridgehead atoms. The van der Waals surface area contributed by atoms with Crippen molar-refractivity contribution in [1.82, 2.24) is 4.90 Å². The number of aliphatic hydroxyl groups excluding tert-OH is 1. The number of methoxy groups -OCH3 is 2. The smallest absolute Gasteiger partial charge is 0.411 e. The van der Waals surface area contributed by atoms with Crippen LogP contribution in [0, 0.1) is 10.1 Å². The first-order valence-corrected chi connectivity index (χ1v) is 10.9. The molecule has 1 unspecified atom stereocenters. The fourth-order valence-corrected chi connectivity index (χ4v) is 3.77. The molecule has 2 amide bonds. The number of amides is 2. The molecular weight excluding hydrogens is 458 g/mol. The molecule has 0 saturated carbocycles. The summed E-state index contributed by atoms with van der Waals surface area (Å²) in [6.45, 7) is 0.277. The number of nitrogens with zero attached hydrogens (tertiary/aromatic N) is 2. The number of carbonyl (C=O) groups is 2. The average Bonchev–Trinajstić information content (AvgIpc) is 3.35. The normalized spacial score (nSPS) is 15.2. The standard InChI is InChI=1S/C24H27N3O8/c1-33-21-13-19(23(29)26-11-3-6-18(26)15-28)20(14-22(21)34-2)25-24(30)35-12-4-5-16-7-9-17(10-8-16)27(31)32/h4-5,7-10,13-14,18,28H,3,6,11-12,15H2,1-2H3,(H,25,30). The highest BCUT2D eigenvalue weighted by Gasteiger charge is 2.31. The molecule has 0 spiro atoms. The number of rotatable bonds is 9. The van der Waals surface area contributed by atoms with E-state index in [1.165, 1.54) is 38.5 Å². The number of nitro groups is 1. The van der Waals surface area contributed by atoms with E-state index in [1.807, 2.05) is 0 Å². The number of hydrogen-bond acceptors (Lipinski definition) is 8. The number of carbonyl (C=O) groups excluding carboxylic acids is 2. The SMILES string of the molecule is COc1cc(NC(=O)OCC=Cc2ccc([N+](=O)[O-])cc2)c(C(=O)N2CCCC2CO)cc1OC. The number of hydrogen-bond donors (Lipinski definition) is 2. The molecular formula is C24H27N3O8. The highest BCUT2D eigenvalue weighted by Crippen LogP contribution is 2.35. The van der Waals surface area contributed by atoms with Gasteiger partial charge in [0.15, 0.2) is 11.5 Å². The fraction of sp³-hybridized carbons (Fsp3) is 0.333. The van der Waals surface area contributed by atoms with E-state index in [-0.39, 0.29) is 42.1 Å². The molecule has 0 aliphatic carbocycles. The molecule has 1 aliphatic rings. The van der Waals surface area contributed by atoms with Crippen molar-refractivity contribution in [2.75, 3.05) is 39.3 Å². The predicted octanol–water partition coefficient (Wildman–Crippen LogP) is 3.47. The minimum atomic E-state index is -0.792. The van der Waals surface area contributed by atoms with Crippen LogP contribution >= 0.6 is 0 Å². The van der Waals surface area contributed by atoms with Gasteiger partial charge >= 0.3 is 6.09 Å². The molecule has 1 heterocycles. The lowest BCUT2D eigenvalue weighted by Crippen LogP contribution is -2.38. The van der Waals surface area contributed by atoms with Gasteiger partial charge < -0.3 is 24.2 Å². The third-order valence-corrected chi connectivity index (χ3v) is 5.56. The molecule has 1 atom stereocenters. The molecule has 186 valence electrons. The van der Waals surface area contributed by atoms with Gasteiger partial charge in [0.25, 0.3) is 11.6 Å². The van der Waals surface area contributed by atoms with Crippen molar-refractivity contribution in [2.45, 2.75) is 18.9 Å². The van der Waals surface area contributed by atoms with Gasteiger partial charge in [-0.25, -0.2) is 4.79 Å². The molecule has 1 fully saturated rings. The molecule has 11 nitrogen and oxygen atoms in total. The topological polar surface area (TPSA) is 140 Å². The van der Waals surface area contributed by atoms with Gasteiger partial charge in [-0.1, -0.05) is 6.08 Å². The van der Waals surface area contributed by atoms with Gasteiger partial charge in [0.2, 0.25) is 0 Å². The van der Waals surface area contributed by atoms with Crippen molar-refractivity contribution in [3.8, 4) is 11.5 Å². The molecule has 3 rings (SSSR count). The van der Waals surface area contributed by atoms with E-state index in [0.717, 1.165) is 6.42 Å². The molecule has 2 aromatic carbocycles. The van der Waals surface area contributed by atoms with E-state index < -0.39 is 11.0 Å². The molecule has 1 saturated heterocycles. The molecule has 1 aliphatic heterocycles. The van der Waals surface area contributed by atoms with Crippen LogP contribution in [0.1, 0.15) is 28.8 Å². The number of ether oxygens (including phenoxy) is 3. The quantitative estimate of drug-likeness (QED) is 0.406. The molecule has 11 heteroatoms. The molecule has 2 N–H and O–H groups in total. The lowest BCUT2D eigenvalue weighted by atomic mass is 10.1. The predicted molar refractivity (Wildman–Crippen MR) is 128 cm³/mol. The Labute approximate surface area is 202 Å². The Kier molecular flexibility index (Phi) is 8.63. The lowest BCUT2D eigenvalue weighted by molar-refractivity contribution is -0.384. The van der Waals surface area contributed by atoms with Gasteiger partial charge in [0.1, 0.15) is 6.61 Å². The van der Waals surface area contributed by atoms with Gasteiger partial charge in [0.05, 0.1) is 43.0 Å². The molecule has 0 radical (unpaired) electrons. The van der Waals surface area contributed by atoms with Crippen LogP contribution < -0.4 is 14.8 Å². The number of benzene rings is 2. The second kappa shape index (κ2) is 11.8. The summed E-state index contributed by atoms with van der Waals surface area (Å²) in [7, 11) is 2.88. The molecule has 0 aromatic heterocycles. The second-order valence-electron chi connectivity index (χ2n) is 7.70. The summed E-state index contributed by atoms with van der Waals surface area (Å²) in [5, 5.41) is 22.9. The van der Waals surface area contributed by atoms with Crippen molar-refractivity contribution >= 4 is 29.5 Å². The Hall–Kier alpha value is -4.12. The highest BCUT2D eigenvalue weighted by molar-refractivity contribution is 6.03. The monoisotopic (exact) mass is 485 g/mol. The van der Waals surface area contributed by atoms with Crippen LogP contribution in [-0.4, -0.2) is 67.0 Å². The van der Waals surface area contributed by atoms with Crippen LogP contribution in [0.15, 0.2) is 42.5 Å². The number of anilines is 1. The summed E-state index contributed by atoms with van der Waals surface area (Å²) in [4.78, 5) is 37.5. The first-order valence-electron chi connectivity index (χ1n) is 10.9. The maximum Gasteiger partial charge on any atom is 0.411 e. The van der Waals surface area contributed by atoms with Crippen molar-refractivity contribution < 1.29 is 33.8 Å². The van der Waals surface area contributed by atoms with Gasteiger partial charge in [-0.15, -0.1) is 0 Å². The van der Waals surface area contributed by atoms with Crippen molar-refractivity contribution in [3.63, 3.8) is 0 Å². The Balaban J connectivity index is 1.71. The van der Waals surface area contributed by atoms with Crippen molar-refractivity contribution in [1.29, 1.82) is 0 Å². The Bertz CT molecular complexity index is 1100. The van der Waals surface area contributed by atoms with Crippen LogP contribution in [0.3, 0.4) is 0 Å². The second-order valence-corrected chi connectivity index (χ2v) is 7.70. The average molecular weight is 485 g/mol. The van der Waals surface area contributed by atoms with Crippen LogP contribution in [-0.2, 0) is 4.74 Å².